The molecule has 0 radical (unpaired) electrons. The van der Waals surface area contributed by atoms with Crippen LogP contribution in [0.15, 0.2) is 18.2 Å². The van der Waals surface area contributed by atoms with Gasteiger partial charge in [-0.15, -0.1) is 0 Å². The third-order valence-electron chi connectivity index (χ3n) is 1.96. The lowest BCUT2D eigenvalue weighted by molar-refractivity contribution is 1.05. The van der Waals surface area contributed by atoms with Crippen LogP contribution in [0, 0.1) is 13.8 Å². The molecule has 1 aromatic carbocycles. The minimum atomic E-state index is 0.725. The van der Waals surface area contributed by atoms with Crippen LogP contribution in [0.2, 0.25) is 5.02 Å². The molecule has 0 saturated heterocycles. The molecule has 0 N–H and O–H groups in total. The Balaban J connectivity index is 2.87. The Morgan fingerprint density at radius 2 is 1.92 bits per heavy atom. The van der Waals surface area contributed by atoms with Crippen molar-refractivity contribution in [2.24, 2.45) is 0 Å². The van der Waals surface area contributed by atoms with Gasteiger partial charge in [0.05, 0.1) is 5.52 Å². The molecule has 0 amide bonds. The van der Waals surface area contributed by atoms with Gasteiger partial charge in [0.15, 0.2) is 0 Å². The predicted octanol–water partition coefficient (Wildman–Crippen LogP) is 2.90. The van der Waals surface area contributed by atoms with Crippen LogP contribution in [-0.4, -0.2) is 9.97 Å². The van der Waals surface area contributed by atoms with Crippen molar-refractivity contribution in [3.63, 3.8) is 0 Å². The van der Waals surface area contributed by atoms with E-state index in [4.69, 9.17) is 11.6 Å². The number of rotatable bonds is 0. The number of aromatic nitrogens is 2. The molecule has 66 valence electrons. The van der Waals surface area contributed by atoms with E-state index in [1.54, 1.807) is 0 Å². The van der Waals surface area contributed by atoms with Gasteiger partial charge in [-0.1, -0.05) is 11.6 Å². The van der Waals surface area contributed by atoms with Crippen LogP contribution in [-0.2, 0) is 0 Å². The Morgan fingerprint density at radius 3 is 2.69 bits per heavy atom. The molecule has 2 aromatic rings. The van der Waals surface area contributed by atoms with E-state index >= 15 is 0 Å². The average Bonchev–Trinajstić information content (AvgIpc) is 2.06. The maximum Gasteiger partial charge on any atom is 0.126 e. The van der Waals surface area contributed by atoms with Crippen LogP contribution < -0.4 is 0 Å². The van der Waals surface area contributed by atoms with E-state index in [-0.39, 0.29) is 0 Å². The molecule has 0 unspecified atom stereocenters. The fraction of sp³-hybridized carbons (Fsp3) is 0.200. The Labute approximate surface area is 81.6 Å². The Kier molecular flexibility index (Phi) is 1.93. The molecular weight excluding hydrogens is 184 g/mol. The SMILES string of the molecule is Cc1nc(C)c2cc(Cl)ccc2n1. The summed E-state index contributed by atoms with van der Waals surface area (Å²) in [5, 5.41) is 1.75. The number of hydrogen-bond donors (Lipinski definition) is 0. The lowest BCUT2D eigenvalue weighted by atomic mass is 10.2. The first-order valence-electron chi connectivity index (χ1n) is 4.07. The van der Waals surface area contributed by atoms with Crippen molar-refractivity contribution in [3.05, 3.63) is 34.7 Å². The molecule has 0 spiro atoms. The highest BCUT2D eigenvalue weighted by atomic mass is 35.5. The van der Waals surface area contributed by atoms with Gasteiger partial charge in [0.2, 0.25) is 0 Å². The van der Waals surface area contributed by atoms with Gasteiger partial charge in [-0.05, 0) is 32.0 Å². The van der Waals surface area contributed by atoms with E-state index in [0.717, 1.165) is 27.4 Å². The highest BCUT2D eigenvalue weighted by molar-refractivity contribution is 6.31. The van der Waals surface area contributed by atoms with Crippen molar-refractivity contribution in [1.82, 2.24) is 9.97 Å². The van der Waals surface area contributed by atoms with Gasteiger partial charge in [0.1, 0.15) is 5.82 Å². The number of aryl methyl sites for hydroxylation is 2. The second kappa shape index (κ2) is 2.96. The zero-order valence-corrected chi connectivity index (χ0v) is 8.26. The van der Waals surface area contributed by atoms with Crippen LogP contribution >= 0.6 is 11.6 Å². The average molecular weight is 193 g/mol. The summed E-state index contributed by atoms with van der Waals surface area (Å²) in [4.78, 5) is 8.58. The third kappa shape index (κ3) is 1.49. The molecule has 1 heterocycles. The molecule has 0 saturated carbocycles. The summed E-state index contributed by atoms with van der Waals surface area (Å²) in [5.74, 6) is 0.798. The summed E-state index contributed by atoms with van der Waals surface area (Å²) in [6, 6.07) is 5.65. The molecule has 0 atom stereocenters. The standard InChI is InChI=1S/C10H9ClN2/c1-6-9-5-8(11)3-4-10(9)13-7(2)12-6/h3-5H,1-2H3. The van der Waals surface area contributed by atoms with Gasteiger partial charge in [0.25, 0.3) is 0 Å². The molecule has 0 aliphatic heterocycles. The van der Waals surface area contributed by atoms with Crippen molar-refractivity contribution in [1.29, 1.82) is 0 Å². The molecular formula is C10H9ClN2. The molecule has 1 aromatic heterocycles. The Bertz CT molecular complexity index is 466. The maximum atomic E-state index is 5.87. The summed E-state index contributed by atoms with van der Waals surface area (Å²) < 4.78 is 0. The van der Waals surface area contributed by atoms with E-state index in [0.29, 0.717) is 0 Å². The first kappa shape index (κ1) is 8.45. The zero-order chi connectivity index (χ0) is 9.42. The lowest BCUT2D eigenvalue weighted by Crippen LogP contribution is -1.92. The summed E-state index contributed by atoms with van der Waals surface area (Å²) in [5.41, 5.74) is 1.93. The smallest absolute Gasteiger partial charge is 0.126 e. The molecule has 13 heavy (non-hydrogen) atoms. The van der Waals surface area contributed by atoms with Crippen LogP contribution in [0.25, 0.3) is 10.9 Å². The fourth-order valence-corrected chi connectivity index (χ4v) is 1.57. The Hall–Kier alpha value is -1.15. The monoisotopic (exact) mass is 192 g/mol. The molecule has 0 bridgehead atoms. The van der Waals surface area contributed by atoms with Gasteiger partial charge in [0, 0.05) is 16.1 Å². The molecule has 2 rings (SSSR count). The molecule has 0 fully saturated rings. The minimum absolute atomic E-state index is 0.725. The molecule has 2 nitrogen and oxygen atoms in total. The number of hydrogen-bond acceptors (Lipinski definition) is 2. The minimum Gasteiger partial charge on any atom is -0.238 e. The van der Waals surface area contributed by atoms with Crippen molar-refractivity contribution >= 4 is 22.5 Å². The predicted molar refractivity (Wildman–Crippen MR) is 54.0 cm³/mol. The lowest BCUT2D eigenvalue weighted by Gasteiger charge is -2.02. The summed E-state index contributed by atoms with van der Waals surface area (Å²) in [6.07, 6.45) is 0. The van der Waals surface area contributed by atoms with Crippen LogP contribution in [0.4, 0.5) is 0 Å². The van der Waals surface area contributed by atoms with Gasteiger partial charge < -0.3 is 0 Å². The first-order chi connectivity index (χ1) is 6.16. The maximum absolute atomic E-state index is 5.87. The zero-order valence-electron chi connectivity index (χ0n) is 7.50. The third-order valence-corrected chi connectivity index (χ3v) is 2.20. The van der Waals surface area contributed by atoms with Crippen LogP contribution in [0.1, 0.15) is 11.5 Å². The quantitative estimate of drug-likeness (QED) is 0.642. The van der Waals surface area contributed by atoms with E-state index in [1.165, 1.54) is 0 Å². The van der Waals surface area contributed by atoms with E-state index in [1.807, 2.05) is 32.0 Å². The van der Waals surface area contributed by atoms with Gasteiger partial charge in [-0.25, -0.2) is 9.97 Å². The number of benzene rings is 1. The topological polar surface area (TPSA) is 25.8 Å². The largest absolute Gasteiger partial charge is 0.238 e. The van der Waals surface area contributed by atoms with Gasteiger partial charge in [-0.3, -0.25) is 0 Å². The van der Waals surface area contributed by atoms with Crippen molar-refractivity contribution < 1.29 is 0 Å². The van der Waals surface area contributed by atoms with Crippen LogP contribution in [0.5, 0.6) is 0 Å². The molecule has 3 heteroatoms. The highest BCUT2D eigenvalue weighted by Crippen LogP contribution is 2.19. The van der Waals surface area contributed by atoms with E-state index < -0.39 is 0 Å². The molecule has 0 aliphatic carbocycles. The second-order valence-corrected chi connectivity index (χ2v) is 3.45. The number of halogens is 1. The Morgan fingerprint density at radius 1 is 1.15 bits per heavy atom. The van der Waals surface area contributed by atoms with Crippen molar-refractivity contribution in [2.45, 2.75) is 13.8 Å². The summed E-state index contributed by atoms with van der Waals surface area (Å²) in [7, 11) is 0. The summed E-state index contributed by atoms with van der Waals surface area (Å²) >= 11 is 5.87. The van der Waals surface area contributed by atoms with Crippen LogP contribution in [0.3, 0.4) is 0 Å². The van der Waals surface area contributed by atoms with Crippen molar-refractivity contribution in [2.75, 3.05) is 0 Å². The first-order valence-corrected chi connectivity index (χ1v) is 4.45. The summed E-state index contributed by atoms with van der Waals surface area (Å²) in [6.45, 7) is 3.86. The second-order valence-electron chi connectivity index (χ2n) is 3.02. The number of nitrogens with zero attached hydrogens (tertiary/aromatic N) is 2. The van der Waals surface area contributed by atoms with E-state index in [2.05, 4.69) is 9.97 Å². The van der Waals surface area contributed by atoms with Gasteiger partial charge in [-0.2, -0.15) is 0 Å². The highest BCUT2D eigenvalue weighted by Gasteiger charge is 2.01. The van der Waals surface area contributed by atoms with Gasteiger partial charge >= 0.3 is 0 Å². The fourth-order valence-electron chi connectivity index (χ4n) is 1.40. The number of fused-ring (bicyclic) bond motifs is 1. The molecule has 0 aliphatic rings. The normalized spacial score (nSPS) is 10.7. The van der Waals surface area contributed by atoms with Crippen molar-refractivity contribution in [3.8, 4) is 0 Å². The van der Waals surface area contributed by atoms with E-state index in [9.17, 15) is 0 Å².